The van der Waals surface area contributed by atoms with Gasteiger partial charge in [-0.05, 0) is 80.2 Å². The summed E-state index contributed by atoms with van der Waals surface area (Å²) >= 11 is 1.60. The number of likely N-dealkylation sites (tertiary alicyclic amines) is 1. The van der Waals surface area contributed by atoms with E-state index in [0.29, 0.717) is 6.54 Å². The number of hydrogen-bond acceptors (Lipinski definition) is 6. The molecule has 1 aromatic carbocycles. The highest BCUT2D eigenvalue weighted by molar-refractivity contribution is 7.92. The van der Waals surface area contributed by atoms with Gasteiger partial charge in [0.05, 0.1) is 6.54 Å². The molecule has 0 saturated carbocycles. The Hall–Kier alpha value is -2.23. The molecular weight excluding hydrogens is 444 g/mol. The minimum Gasteiger partial charge on any atom is -0.307 e. The number of thiazole rings is 1. The molecule has 0 radical (unpaired) electrons. The predicted molar refractivity (Wildman–Crippen MR) is 126 cm³/mol. The highest BCUT2D eigenvalue weighted by atomic mass is 32.2. The molecule has 2 heterocycles. The molecule has 0 bridgehead atoms. The lowest BCUT2D eigenvalue weighted by Crippen LogP contribution is -2.34. The van der Waals surface area contributed by atoms with Gasteiger partial charge < -0.3 is 5.32 Å². The van der Waals surface area contributed by atoms with Crippen LogP contribution >= 0.6 is 11.3 Å². The van der Waals surface area contributed by atoms with Crippen LogP contribution in [0.25, 0.3) is 0 Å². The van der Waals surface area contributed by atoms with E-state index < -0.39 is 16.1 Å². The number of hydrogen-bond donors (Lipinski definition) is 2. The van der Waals surface area contributed by atoms with Gasteiger partial charge >= 0.3 is 6.03 Å². The first-order chi connectivity index (χ1) is 15.5. The van der Waals surface area contributed by atoms with Crippen molar-refractivity contribution in [3.05, 3.63) is 56.4 Å². The number of carbonyl (C=O) groups is 1. The van der Waals surface area contributed by atoms with E-state index in [-0.39, 0.29) is 6.04 Å². The molecule has 2 N–H and O–H groups in total. The van der Waals surface area contributed by atoms with Crippen molar-refractivity contribution in [3.8, 4) is 0 Å². The zero-order valence-corrected chi connectivity index (χ0v) is 19.6. The number of rotatable bonds is 6. The van der Waals surface area contributed by atoms with Gasteiger partial charge in [0.2, 0.25) is 0 Å². The Morgan fingerprint density at radius 2 is 1.91 bits per heavy atom. The van der Waals surface area contributed by atoms with Crippen LogP contribution in [0.3, 0.4) is 0 Å². The van der Waals surface area contributed by atoms with Gasteiger partial charge in [0.15, 0.2) is 0 Å². The fraction of sp³-hybridized carbons (Fsp3) is 0.478. The topological polar surface area (TPSA) is 91.4 Å². The molecular formula is C23H28N4O3S2. The van der Waals surface area contributed by atoms with E-state index in [1.54, 1.807) is 23.6 Å². The van der Waals surface area contributed by atoms with Crippen LogP contribution in [0.5, 0.6) is 0 Å². The van der Waals surface area contributed by atoms with Crippen molar-refractivity contribution >= 4 is 33.1 Å². The van der Waals surface area contributed by atoms with Crippen molar-refractivity contribution in [2.75, 3.05) is 11.9 Å². The molecule has 3 aliphatic rings. The molecule has 1 fully saturated rings. The fourth-order valence-corrected chi connectivity index (χ4v) is 6.64. The van der Waals surface area contributed by atoms with Crippen LogP contribution in [-0.2, 0) is 42.3 Å². The third-order valence-electron chi connectivity index (χ3n) is 6.66. The Bertz CT molecular complexity index is 1110. The number of nitrogens with zero attached hydrogens (tertiary/aromatic N) is 2. The number of carbonyl (C=O) groups excluding carboxylic acids is 1. The summed E-state index contributed by atoms with van der Waals surface area (Å²) in [7, 11) is -3.88. The minimum atomic E-state index is -3.88. The van der Waals surface area contributed by atoms with Crippen molar-refractivity contribution < 1.29 is 13.2 Å². The first kappa shape index (κ1) is 21.6. The van der Waals surface area contributed by atoms with Gasteiger partial charge in [-0.3, -0.25) is 4.90 Å². The van der Waals surface area contributed by atoms with Gasteiger partial charge in [-0.1, -0.05) is 12.1 Å². The number of amides is 2. The molecule has 9 heteroatoms. The molecule has 1 saturated heterocycles. The Balaban J connectivity index is 1.25. The lowest BCUT2D eigenvalue weighted by atomic mass is 9.99. The molecule has 2 aromatic rings. The summed E-state index contributed by atoms with van der Waals surface area (Å²) in [5.74, 6) is 0. The molecule has 1 unspecified atom stereocenters. The van der Waals surface area contributed by atoms with Gasteiger partial charge in [0, 0.05) is 28.7 Å². The van der Waals surface area contributed by atoms with E-state index in [2.05, 4.69) is 26.0 Å². The second kappa shape index (κ2) is 8.96. The van der Waals surface area contributed by atoms with Gasteiger partial charge in [-0.25, -0.2) is 22.9 Å². The number of benzene rings is 1. The summed E-state index contributed by atoms with van der Waals surface area (Å²) in [4.78, 5) is 19.2. The standard InChI is InChI=1S/C23H28N4O3S2/c28-23(25-22-19-7-1-4-16(19)14-17-5-2-8-20(17)22)26-32(29,30)13-9-18-6-3-11-27(18)15-21-24-10-12-31-21/h9-10,12-14,18H,1-8,11,15H2,(H2,25,26,28)/b13-9+. The lowest BCUT2D eigenvalue weighted by molar-refractivity contribution is 0.256. The number of fused-ring (bicyclic) bond motifs is 2. The maximum Gasteiger partial charge on any atom is 0.333 e. The predicted octanol–water partition coefficient (Wildman–Crippen LogP) is 3.75. The van der Waals surface area contributed by atoms with Crippen LogP contribution in [0, 0.1) is 0 Å². The normalized spacial score (nSPS) is 20.6. The summed E-state index contributed by atoms with van der Waals surface area (Å²) in [5, 5.41) is 6.99. The van der Waals surface area contributed by atoms with Gasteiger partial charge in [0.25, 0.3) is 10.0 Å². The highest BCUT2D eigenvalue weighted by Gasteiger charge is 2.26. The fourth-order valence-electron chi connectivity index (χ4n) is 5.23. The van der Waals surface area contributed by atoms with Gasteiger partial charge in [0.1, 0.15) is 5.01 Å². The summed E-state index contributed by atoms with van der Waals surface area (Å²) in [6.07, 6.45) is 11.5. The van der Waals surface area contributed by atoms with Crippen LogP contribution in [0.2, 0.25) is 0 Å². The number of urea groups is 1. The monoisotopic (exact) mass is 472 g/mol. The molecule has 1 atom stereocenters. The molecule has 5 rings (SSSR count). The van der Waals surface area contributed by atoms with E-state index in [1.165, 1.54) is 22.3 Å². The number of anilines is 1. The summed E-state index contributed by atoms with van der Waals surface area (Å²) in [6, 6.07) is 1.63. The van der Waals surface area contributed by atoms with Crippen molar-refractivity contribution in [2.45, 2.75) is 64.0 Å². The van der Waals surface area contributed by atoms with Crippen molar-refractivity contribution in [1.29, 1.82) is 0 Å². The smallest absolute Gasteiger partial charge is 0.307 e. The number of nitrogens with one attached hydrogen (secondary N) is 2. The van der Waals surface area contributed by atoms with Crippen molar-refractivity contribution in [3.63, 3.8) is 0 Å². The molecule has 7 nitrogen and oxygen atoms in total. The van der Waals surface area contributed by atoms with E-state index >= 15 is 0 Å². The van der Waals surface area contributed by atoms with Crippen LogP contribution in [0.15, 0.2) is 29.1 Å². The van der Waals surface area contributed by atoms with Crippen LogP contribution in [0.4, 0.5) is 10.5 Å². The molecule has 32 heavy (non-hydrogen) atoms. The maximum absolute atomic E-state index is 12.6. The second-order valence-corrected chi connectivity index (χ2v) is 11.3. The third kappa shape index (κ3) is 4.60. The van der Waals surface area contributed by atoms with Crippen molar-refractivity contribution in [1.82, 2.24) is 14.6 Å². The SMILES string of the molecule is O=C(Nc1c2c(cc3c1CCC3)CCC2)NS(=O)(=O)/C=C/C1CCCN1Cc1nccs1. The quantitative estimate of drug-likeness (QED) is 0.668. The zero-order valence-electron chi connectivity index (χ0n) is 18.0. The minimum absolute atomic E-state index is 0.0270. The van der Waals surface area contributed by atoms with E-state index in [4.69, 9.17) is 0 Å². The summed E-state index contributed by atoms with van der Waals surface area (Å²) in [6.45, 7) is 1.62. The van der Waals surface area contributed by atoms with E-state index in [9.17, 15) is 13.2 Å². The Labute approximate surface area is 193 Å². The average molecular weight is 473 g/mol. The number of aryl methyl sites for hydroxylation is 2. The maximum atomic E-state index is 12.6. The Morgan fingerprint density at radius 3 is 2.59 bits per heavy atom. The molecule has 1 aliphatic heterocycles. The largest absolute Gasteiger partial charge is 0.333 e. The van der Waals surface area contributed by atoms with Crippen LogP contribution < -0.4 is 10.0 Å². The van der Waals surface area contributed by atoms with Gasteiger partial charge in [-0.15, -0.1) is 11.3 Å². The number of sulfonamides is 1. The zero-order chi connectivity index (χ0) is 22.1. The molecule has 2 aliphatic carbocycles. The summed E-state index contributed by atoms with van der Waals surface area (Å²) < 4.78 is 27.4. The van der Waals surface area contributed by atoms with E-state index in [1.807, 2.05) is 5.38 Å². The molecule has 0 spiro atoms. The molecule has 2 amide bonds. The van der Waals surface area contributed by atoms with Crippen LogP contribution in [-0.4, -0.2) is 36.9 Å². The van der Waals surface area contributed by atoms with Gasteiger partial charge in [-0.2, -0.15) is 0 Å². The molecule has 1 aromatic heterocycles. The summed E-state index contributed by atoms with van der Waals surface area (Å²) in [5.41, 5.74) is 5.79. The second-order valence-electron chi connectivity index (χ2n) is 8.77. The first-order valence-corrected chi connectivity index (χ1v) is 13.7. The Morgan fingerprint density at radius 1 is 1.16 bits per heavy atom. The third-order valence-corrected chi connectivity index (χ3v) is 8.41. The van der Waals surface area contributed by atoms with Crippen LogP contribution in [0.1, 0.15) is 52.9 Å². The highest BCUT2D eigenvalue weighted by Crippen LogP contribution is 2.38. The lowest BCUT2D eigenvalue weighted by Gasteiger charge is -2.20. The number of aromatic nitrogens is 1. The molecule has 170 valence electrons. The Kier molecular flexibility index (Phi) is 6.05. The average Bonchev–Trinajstić information content (AvgIpc) is 3.54. The first-order valence-electron chi connectivity index (χ1n) is 11.3. The van der Waals surface area contributed by atoms with E-state index in [0.717, 1.165) is 74.0 Å². The van der Waals surface area contributed by atoms with Crippen molar-refractivity contribution in [2.24, 2.45) is 0 Å².